The zero-order valence-electron chi connectivity index (χ0n) is 6.21. The maximum Gasteiger partial charge on any atom is 0.433 e. The predicted octanol–water partition coefficient (Wildman–Crippen LogP) is -0.316. The van der Waals surface area contributed by atoms with Gasteiger partial charge < -0.3 is 29.8 Å². The largest absolute Gasteiger partial charge is 0.472 e. The molecule has 0 saturated heterocycles. The minimum atomic E-state index is -4.82. The highest BCUT2D eigenvalue weighted by atomic mass is 31.2. The van der Waals surface area contributed by atoms with Crippen LogP contribution in [0.1, 0.15) is 0 Å². The molecule has 0 rings (SSSR count). The molecule has 12 heteroatoms. The molecular formula is C2H6O10P2. The average Bonchev–Trinajstić information content (AvgIpc) is 1.83. The molecule has 0 atom stereocenters. The Morgan fingerprint density at radius 3 is 0.786 bits per heavy atom. The van der Waals surface area contributed by atoms with Crippen molar-refractivity contribution < 1.29 is 48.5 Å². The van der Waals surface area contributed by atoms with E-state index in [4.69, 9.17) is 29.8 Å². The maximum absolute atomic E-state index is 9.43. The van der Waals surface area contributed by atoms with Crippen LogP contribution in [0.4, 0.5) is 9.59 Å². The molecule has 0 aliphatic rings. The Labute approximate surface area is 76.1 Å². The van der Waals surface area contributed by atoms with Gasteiger partial charge in [-0.15, -0.1) is 0 Å². The first-order valence-corrected chi connectivity index (χ1v) is 5.69. The van der Waals surface area contributed by atoms with E-state index in [1.165, 1.54) is 0 Å². The van der Waals surface area contributed by atoms with Crippen molar-refractivity contribution >= 4 is 26.6 Å². The van der Waals surface area contributed by atoms with Gasteiger partial charge in [0.2, 0.25) is 0 Å². The van der Waals surface area contributed by atoms with E-state index in [1.54, 1.807) is 0 Å². The van der Waals surface area contributed by atoms with Gasteiger partial charge in [-0.3, -0.25) is 0 Å². The van der Waals surface area contributed by atoms with Crippen LogP contribution in [0.3, 0.4) is 0 Å². The fraction of sp³-hybridized carbons (Fsp3) is 0. The van der Waals surface area contributed by atoms with Gasteiger partial charge >= 0.3 is 26.6 Å². The number of carbonyl (C=O) groups is 2. The number of hydrogen-bond donors (Lipinski definition) is 6. The number of hydrogen-bond acceptors (Lipinski definition) is 4. The predicted molar refractivity (Wildman–Crippen MR) is 40.1 cm³/mol. The topological polar surface area (TPSA) is 190 Å². The van der Waals surface area contributed by atoms with Crippen LogP contribution in [0.25, 0.3) is 0 Å². The lowest BCUT2D eigenvalue weighted by Gasteiger charge is -1.90. The first kappa shape index (κ1) is 15.7. The molecule has 6 N–H and O–H groups in total. The van der Waals surface area contributed by atoms with Gasteiger partial charge in [0.1, 0.15) is 0 Å². The molecule has 0 aromatic rings. The first-order chi connectivity index (χ1) is 5.89. The fourth-order valence-corrected chi connectivity index (χ4v) is 0. The molecule has 0 fully saturated rings. The zero-order valence-corrected chi connectivity index (χ0v) is 8.00. The second kappa shape index (κ2) is 5.20. The van der Waals surface area contributed by atoms with Gasteiger partial charge in [-0.1, -0.05) is 0 Å². The molecule has 0 amide bonds. The molecule has 0 aliphatic heterocycles. The summed E-state index contributed by atoms with van der Waals surface area (Å²) in [4.78, 5) is 48.9. The average molecular weight is 252 g/mol. The molecule has 0 aliphatic carbocycles. The Morgan fingerprint density at radius 2 is 0.786 bits per heavy atom. The second-order valence-electron chi connectivity index (χ2n) is 1.65. The van der Waals surface area contributed by atoms with Crippen LogP contribution >= 0.6 is 15.2 Å². The van der Waals surface area contributed by atoms with Crippen molar-refractivity contribution in [3.8, 4) is 0 Å². The van der Waals surface area contributed by atoms with Crippen molar-refractivity contribution in [2.24, 2.45) is 0 Å². The van der Waals surface area contributed by atoms with E-state index >= 15 is 0 Å². The molecule has 0 saturated carbocycles. The van der Waals surface area contributed by atoms with E-state index in [-0.39, 0.29) is 0 Å². The lowest BCUT2D eigenvalue weighted by Crippen LogP contribution is -1.90. The van der Waals surface area contributed by atoms with Gasteiger partial charge in [0, 0.05) is 0 Å². The highest BCUT2D eigenvalue weighted by Gasteiger charge is 2.24. The molecule has 0 unspecified atom stereocenters. The van der Waals surface area contributed by atoms with Crippen molar-refractivity contribution in [3.05, 3.63) is 0 Å². The van der Waals surface area contributed by atoms with E-state index in [1.807, 2.05) is 0 Å². The van der Waals surface area contributed by atoms with Crippen molar-refractivity contribution in [2.45, 2.75) is 0 Å². The Hall–Kier alpha value is -0.760. The van der Waals surface area contributed by atoms with Crippen LogP contribution in [0.5, 0.6) is 0 Å². The fourth-order valence-electron chi connectivity index (χ4n) is 0. The molecular weight excluding hydrogens is 246 g/mol. The Kier molecular flexibility index (Phi) is 5.83. The van der Waals surface area contributed by atoms with Gasteiger partial charge in [0.15, 0.2) is 0 Å². The molecule has 0 aromatic carbocycles. The van der Waals surface area contributed by atoms with E-state index in [9.17, 15) is 18.7 Å². The summed E-state index contributed by atoms with van der Waals surface area (Å²) in [5.74, 6) is 0. The van der Waals surface area contributed by atoms with Crippen LogP contribution in [-0.4, -0.2) is 41.2 Å². The number of rotatable bonds is 2. The minimum Gasteiger partial charge on any atom is -0.472 e. The van der Waals surface area contributed by atoms with Crippen LogP contribution in [0.15, 0.2) is 0 Å². The van der Waals surface area contributed by atoms with E-state index in [0.29, 0.717) is 0 Å². The SMILES string of the molecule is O=C(O)P(=O)(O)O.O=C(O)P(=O)(O)O. The summed E-state index contributed by atoms with van der Waals surface area (Å²) in [6.45, 7) is 0. The molecule has 84 valence electrons. The van der Waals surface area contributed by atoms with E-state index < -0.39 is 26.6 Å². The van der Waals surface area contributed by atoms with Crippen LogP contribution in [-0.2, 0) is 9.13 Å². The van der Waals surface area contributed by atoms with Crippen molar-refractivity contribution in [2.75, 3.05) is 0 Å². The Balaban J connectivity index is 0. The molecule has 0 aromatic heterocycles. The van der Waals surface area contributed by atoms with Crippen LogP contribution in [0, 0.1) is 0 Å². The van der Waals surface area contributed by atoms with E-state index in [0.717, 1.165) is 0 Å². The lowest BCUT2D eigenvalue weighted by atomic mass is 11.6. The normalized spacial score (nSPS) is 11.1. The number of carboxylic acid groups (broad SMARTS) is 2. The third kappa shape index (κ3) is 9.33. The summed E-state index contributed by atoms with van der Waals surface area (Å²) < 4.78 is 18.9. The van der Waals surface area contributed by atoms with Gasteiger partial charge in [0.05, 0.1) is 0 Å². The minimum absolute atomic E-state index is 2.09. The molecule has 10 nitrogen and oxygen atoms in total. The maximum atomic E-state index is 9.43. The monoisotopic (exact) mass is 252 g/mol. The Bertz CT molecular complexity index is 272. The third-order valence-corrected chi connectivity index (χ3v) is 1.50. The first-order valence-electron chi connectivity index (χ1n) is 2.47. The second-order valence-corrected chi connectivity index (χ2v) is 4.59. The van der Waals surface area contributed by atoms with Crippen molar-refractivity contribution in [3.63, 3.8) is 0 Å². The van der Waals surface area contributed by atoms with Gasteiger partial charge in [-0.05, 0) is 0 Å². The van der Waals surface area contributed by atoms with Gasteiger partial charge in [-0.25, -0.2) is 18.7 Å². The summed E-state index contributed by atoms with van der Waals surface area (Å²) in [5.41, 5.74) is -4.18. The summed E-state index contributed by atoms with van der Waals surface area (Å²) >= 11 is 0. The quantitative estimate of drug-likeness (QED) is 0.355. The molecule has 0 bridgehead atoms. The van der Waals surface area contributed by atoms with Crippen molar-refractivity contribution in [1.82, 2.24) is 0 Å². The van der Waals surface area contributed by atoms with Crippen molar-refractivity contribution in [1.29, 1.82) is 0 Å². The highest BCUT2D eigenvalue weighted by molar-refractivity contribution is 7.69. The van der Waals surface area contributed by atoms with Gasteiger partial charge in [-0.2, -0.15) is 0 Å². The lowest BCUT2D eigenvalue weighted by molar-refractivity contribution is 0.208. The molecule has 14 heavy (non-hydrogen) atoms. The molecule has 0 spiro atoms. The summed E-state index contributed by atoms with van der Waals surface area (Å²) in [6.07, 6.45) is 0. The summed E-state index contributed by atoms with van der Waals surface area (Å²) in [5, 5.41) is 15.0. The van der Waals surface area contributed by atoms with E-state index in [2.05, 4.69) is 0 Å². The summed E-state index contributed by atoms with van der Waals surface area (Å²) in [6, 6.07) is 0. The summed E-state index contributed by atoms with van der Waals surface area (Å²) in [7, 11) is -9.64. The van der Waals surface area contributed by atoms with Crippen LogP contribution in [0.2, 0.25) is 0 Å². The molecule has 0 heterocycles. The van der Waals surface area contributed by atoms with Crippen LogP contribution < -0.4 is 0 Å². The smallest absolute Gasteiger partial charge is 0.433 e. The standard InChI is InChI=1S/2CH3O5P/c2*2-1(3)7(4,5)6/h2*(H,2,3)(H2,4,5,6). The molecule has 0 radical (unpaired) electrons. The highest BCUT2D eigenvalue weighted by Crippen LogP contribution is 2.34. The Morgan fingerprint density at radius 1 is 0.714 bits per heavy atom. The zero-order chi connectivity index (χ0) is 12.2. The van der Waals surface area contributed by atoms with Gasteiger partial charge in [0.25, 0.3) is 0 Å². The third-order valence-electron chi connectivity index (χ3n) is 0.498.